The fourth-order valence-electron chi connectivity index (χ4n) is 3.63. The van der Waals surface area contributed by atoms with E-state index < -0.39 is 0 Å². The summed E-state index contributed by atoms with van der Waals surface area (Å²) in [5, 5.41) is 6.27. The number of nitrogens with one attached hydrogen (secondary N) is 1. The first-order valence-corrected chi connectivity index (χ1v) is 11.4. The van der Waals surface area contributed by atoms with E-state index in [0.29, 0.717) is 10.7 Å². The number of rotatable bonds is 5. The Balaban J connectivity index is 1.48. The molecule has 0 unspecified atom stereocenters. The quantitative estimate of drug-likeness (QED) is 0.327. The summed E-state index contributed by atoms with van der Waals surface area (Å²) in [5.41, 5.74) is 6.00. The molecule has 0 atom stereocenters. The minimum atomic E-state index is -0.215. The van der Waals surface area contributed by atoms with Crippen molar-refractivity contribution in [2.24, 2.45) is 0 Å². The SMILES string of the molecule is COc1ccc(-c2cc(C(=O)Nc3nc(-c4ccc(C)cc4)cs3)c3ccccc3n2)cc1. The lowest BCUT2D eigenvalue weighted by Gasteiger charge is -2.10. The maximum absolute atomic E-state index is 13.3. The summed E-state index contributed by atoms with van der Waals surface area (Å²) in [6.45, 7) is 2.05. The third-order valence-corrected chi connectivity index (χ3v) is 6.18. The fourth-order valence-corrected chi connectivity index (χ4v) is 4.34. The van der Waals surface area contributed by atoms with Gasteiger partial charge in [0.05, 0.1) is 29.6 Å². The van der Waals surface area contributed by atoms with Crippen molar-refractivity contribution in [1.82, 2.24) is 9.97 Å². The van der Waals surface area contributed by atoms with E-state index in [9.17, 15) is 4.79 Å². The second kappa shape index (κ2) is 8.84. The van der Waals surface area contributed by atoms with Gasteiger partial charge in [0.25, 0.3) is 5.91 Å². The van der Waals surface area contributed by atoms with Gasteiger partial charge in [0, 0.05) is 21.9 Å². The Morgan fingerprint density at radius 2 is 1.58 bits per heavy atom. The highest BCUT2D eigenvalue weighted by Gasteiger charge is 2.16. The number of nitrogens with zero attached hydrogens (tertiary/aromatic N) is 2. The molecule has 3 aromatic carbocycles. The summed E-state index contributed by atoms with van der Waals surface area (Å²) < 4.78 is 5.25. The molecule has 1 amide bonds. The molecule has 0 radical (unpaired) electrons. The van der Waals surface area contributed by atoms with E-state index in [2.05, 4.69) is 29.4 Å². The highest BCUT2D eigenvalue weighted by Crippen LogP contribution is 2.29. The van der Waals surface area contributed by atoms with Crippen LogP contribution in [0.5, 0.6) is 5.75 Å². The number of amides is 1. The Morgan fingerprint density at radius 3 is 2.33 bits per heavy atom. The van der Waals surface area contributed by atoms with Crippen LogP contribution in [-0.2, 0) is 0 Å². The van der Waals surface area contributed by atoms with Crippen LogP contribution < -0.4 is 10.1 Å². The number of carbonyl (C=O) groups is 1. The molecule has 0 spiro atoms. The number of para-hydroxylation sites is 1. The van der Waals surface area contributed by atoms with Gasteiger partial charge in [0.1, 0.15) is 5.75 Å². The van der Waals surface area contributed by atoms with Gasteiger partial charge in [-0.15, -0.1) is 11.3 Å². The number of thiazole rings is 1. The monoisotopic (exact) mass is 451 g/mol. The largest absolute Gasteiger partial charge is 0.497 e. The Hall–Kier alpha value is -4.03. The molecule has 0 bridgehead atoms. The van der Waals surface area contributed by atoms with Gasteiger partial charge in [0.15, 0.2) is 5.13 Å². The first-order valence-electron chi connectivity index (χ1n) is 10.5. The lowest BCUT2D eigenvalue weighted by atomic mass is 10.0. The van der Waals surface area contributed by atoms with Crippen LogP contribution in [0.4, 0.5) is 5.13 Å². The summed E-state index contributed by atoms with van der Waals surface area (Å²) >= 11 is 1.41. The second-order valence-electron chi connectivity index (χ2n) is 7.66. The minimum absolute atomic E-state index is 0.215. The van der Waals surface area contributed by atoms with Crippen LogP contribution in [0.3, 0.4) is 0 Å². The number of carbonyl (C=O) groups excluding carboxylic acids is 1. The molecule has 33 heavy (non-hydrogen) atoms. The predicted molar refractivity (Wildman–Crippen MR) is 134 cm³/mol. The molecule has 0 aliphatic rings. The number of anilines is 1. The van der Waals surface area contributed by atoms with Crippen molar-refractivity contribution in [2.75, 3.05) is 12.4 Å². The van der Waals surface area contributed by atoms with E-state index >= 15 is 0 Å². The lowest BCUT2D eigenvalue weighted by molar-refractivity contribution is 0.102. The zero-order valence-corrected chi connectivity index (χ0v) is 19.0. The number of pyridine rings is 1. The molecule has 5 rings (SSSR count). The first kappa shape index (κ1) is 20.8. The molecule has 0 aliphatic carbocycles. The van der Waals surface area contributed by atoms with Crippen molar-refractivity contribution in [2.45, 2.75) is 6.92 Å². The number of hydrogen-bond donors (Lipinski definition) is 1. The molecular weight excluding hydrogens is 430 g/mol. The Labute approximate surface area is 195 Å². The van der Waals surface area contributed by atoms with E-state index in [1.807, 2.05) is 72.1 Å². The normalized spacial score (nSPS) is 10.8. The van der Waals surface area contributed by atoms with E-state index in [0.717, 1.165) is 39.2 Å². The number of hydrogen-bond acceptors (Lipinski definition) is 5. The molecule has 0 aliphatic heterocycles. The molecule has 0 saturated heterocycles. The van der Waals surface area contributed by atoms with Gasteiger partial charge >= 0.3 is 0 Å². The second-order valence-corrected chi connectivity index (χ2v) is 8.52. The fraction of sp³-hybridized carbons (Fsp3) is 0.0741. The Bertz CT molecular complexity index is 1440. The van der Waals surface area contributed by atoms with E-state index in [1.54, 1.807) is 7.11 Å². The number of methoxy groups -OCH3 is 1. The summed E-state index contributed by atoms with van der Waals surface area (Å²) in [6.07, 6.45) is 0. The highest BCUT2D eigenvalue weighted by atomic mass is 32.1. The summed E-state index contributed by atoms with van der Waals surface area (Å²) in [6, 6.07) is 25.3. The number of benzene rings is 3. The first-order chi connectivity index (χ1) is 16.1. The van der Waals surface area contributed by atoms with Crippen molar-refractivity contribution in [3.8, 4) is 28.3 Å². The van der Waals surface area contributed by atoms with Gasteiger partial charge in [-0.25, -0.2) is 9.97 Å². The van der Waals surface area contributed by atoms with Gasteiger partial charge in [-0.2, -0.15) is 0 Å². The Morgan fingerprint density at radius 1 is 0.879 bits per heavy atom. The van der Waals surface area contributed by atoms with Crippen molar-refractivity contribution < 1.29 is 9.53 Å². The standard InChI is InChI=1S/C27H21N3O2S/c1-17-7-9-19(10-8-17)25-16-33-27(29-25)30-26(31)22-15-24(18-11-13-20(32-2)14-12-18)28-23-6-4-3-5-21(22)23/h3-16H,1-2H3,(H,29,30,31). The summed E-state index contributed by atoms with van der Waals surface area (Å²) in [7, 11) is 1.63. The average Bonchev–Trinajstić information content (AvgIpc) is 3.32. The van der Waals surface area contributed by atoms with Crippen LogP contribution in [0, 0.1) is 6.92 Å². The van der Waals surface area contributed by atoms with Gasteiger partial charge < -0.3 is 4.74 Å². The summed E-state index contributed by atoms with van der Waals surface area (Å²) in [4.78, 5) is 22.7. The minimum Gasteiger partial charge on any atom is -0.497 e. The van der Waals surface area contributed by atoms with Crippen LogP contribution in [0.2, 0.25) is 0 Å². The number of aryl methyl sites for hydroxylation is 1. The molecule has 2 heterocycles. The third kappa shape index (κ3) is 4.33. The van der Waals surface area contributed by atoms with E-state index in [-0.39, 0.29) is 5.91 Å². The van der Waals surface area contributed by atoms with Gasteiger partial charge in [-0.05, 0) is 43.3 Å². The molecule has 6 heteroatoms. The van der Waals surface area contributed by atoms with Gasteiger partial charge in [0.2, 0.25) is 0 Å². The van der Waals surface area contributed by atoms with Gasteiger partial charge in [-0.3, -0.25) is 10.1 Å². The van der Waals surface area contributed by atoms with E-state index in [4.69, 9.17) is 9.72 Å². The maximum atomic E-state index is 13.3. The summed E-state index contributed by atoms with van der Waals surface area (Å²) in [5.74, 6) is 0.554. The molecule has 0 saturated carbocycles. The third-order valence-electron chi connectivity index (χ3n) is 5.42. The van der Waals surface area contributed by atoms with Crippen molar-refractivity contribution in [3.63, 3.8) is 0 Å². The number of aromatic nitrogens is 2. The molecule has 2 aromatic heterocycles. The molecule has 1 N–H and O–H groups in total. The van der Waals surface area contributed by atoms with Crippen LogP contribution in [0.1, 0.15) is 15.9 Å². The van der Waals surface area contributed by atoms with Crippen LogP contribution in [0.15, 0.2) is 84.2 Å². The van der Waals surface area contributed by atoms with Gasteiger partial charge in [-0.1, -0.05) is 48.0 Å². The number of fused-ring (bicyclic) bond motifs is 1. The average molecular weight is 452 g/mol. The van der Waals surface area contributed by atoms with Crippen LogP contribution >= 0.6 is 11.3 Å². The van der Waals surface area contributed by atoms with Crippen molar-refractivity contribution in [3.05, 3.63) is 95.4 Å². The van der Waals surface area contributed by atoms with Crippen molar-refractivity contribution in [1.29, 1.82) is 0 Å². The number of ether oxygens (including phenoxy) is 1. The molecule has 5 aromatic rings. The van der Waals surface area contributed by atoms with Crippen molar-refractivity contribution >= 4 is 33.3 Å². The lowest BCUT2D eigenvalue weighted by Crippen LogP contribution is -2.13. The molecule has 0 fully saturated rings. The van der Waals surface area contributed by atoms with E-state index in [1.165, 1.54) is 16.9 Å². The smallest absolute Gasteiger partial charge is 0.258 e. The van der Waals surface area contributed by atoms with Crippen LogP contribution in [-0.4, -0.2) is 23.0 Å². The molecule has 5 nitrogen and oxygen atoms in total. The topological polar surface area (TPSA) is 64.1 Å². The predicted octanol–water partition coefficient (Wildman–Crippen LogP) is 6.59. The highest BCUT2D eigenvalue weighted by molar-refractivity contribution is 7.14. The maximum Gasteiger partial charge on any atom is 0.258 e. The van der Waals surface area contributed by atoms with Crippen LogP contribution in [0.25, 0.3) is 33.4 Å². The Kier molecular flexibility index (Phi) is 5.59. The zero-order valence-electron chi connectivity index (χ0n) is 18.2. The molecule has 162 valence electrons. The molecular formula is C27H21N3O2S. The zero-order chi connectivity index (χ0) is 22.8.